The van der Waals surface area contributed by atoms with Crippen molar-refractivity contribution in [1.82, 2.24) is 15.6 Å². The topological polar surface area (TPSA) is 71.1 Å². The fourth-order valence-electron chi connectivity index (χ4n) is 1.96. The van der Waals surface area contributed by atoms with E-state index in [1.54, 1.807) is 36.7 Å². The second kappa shape index (κ2) is 8.08. The van der Waals surface area contributed by atoms with Crippen molar-refractivity contribution in [2.45, 2.75) is 20.4 Å². The minimum atomic E-state index is -0.178. The first-order chi connectivity index (χ1) is 11.1. The highest BCUT2D eigenvalue weighted by molar-refractivity contribution is 5.97. The molecule has 2 rings (SSSR count). The van der Waals surface area contributed by atoms with Crippen molar-refractivity contribution in [3.8, 4) is 0 Å². The first kappa shape index (κ1) is 16.7. The maximum absolute atomic E-state index is 12.1. The number of rotatable bonds is 6. The Morgan fingerprint density at radius 3 is 2.13 bits per heavy atom. The van der Waals surface area contributed by atoms with Gasteiger partial charge in [0, 0.05) is 36.6 Å². The zero-order chi connectivity index (χ0) is 16.7. The standard InChI is InChI=1S/C18H21N3O2/c1-13(2)10-20-17(22)15-5-7-16(8-6-15)18(23)21-12-14-4-3-9-19-11-14/h3-9,11,13H,10,12H2,1-2H3,(H,20,22)(H,21,23). The third kappa shape index (κ3) is 5.21. The van der Waals surface area contributed by atoms with Gasteiger partial charge in [0.1, 0.15) is 0 Å². The molecule has 0 aliphatic heterocycles. The molecule has 5 heteroatoms. The maximum Gasteiger partial charge on any atom is 0.251 e. The Hall–Kier alpha value is -2.69. The summed E-state index contributed by atoms with van der Waals surface area (Å²) in [4.78, 5) is 28.0. The number of amides is 2. The predicted octanol–water partition coefficient (Wildman–Crippen LogP) is 2.40. The van der Waals surface area contributed by atoms with Gasteiger partial charge < -0.3 is 10.6 Å². The molecule has 0 bridgehead atoms. The van der Waals surface area contributed by atoms with E-state index < -0.39 is 0 Å². The second-order valence-corrected chi connectivity index (χ2v) is 5.73. The molecule has 0 aliphatic carbocycles. The summed E-state index contributed by atoms with van der Waals surface area (Å²) in [5.74, 6) is 0.0977. The van der Waals surface area contributed by atoms with Crippen molar-refractivity contribution in [2.75, 3.05) is 6.54 Å². The maximum atomic E-state index is 12.1. The van der Waals surface area contributed by atoms with Crippen molar-refractivity contribution in [1.29, 1.82) is 0 Å². The summed E-state index contributed by atoms with van der Waals surface area (Å²) < 4.78 is 0. The average molecular weight is 311 g/mol. The summed E-state index contributed by atoms with van der Waals surface area (Å²) in [6, 6.07) is 10.4. The summed E-state index contributed by atoms with van der Waals surface area (Å²) in [6.45, 7) is 5.13. The van der Waals surface area contributed by atoms with Gasteiger partial charge in [-0.2, -0.15) is 0 Å². The smallest absolute Gasteiger partial charge is 0.251 e. The molecule has 5 nitrogen and oxygen atoms in total. The molecule has 2 N–H and O–H groups in total. The summed E-state index contributed by atoms with van der Waals surface area (Å²) in [5.41, 5.74) is 2.01. The van der Waals surface area contributed by atoms with Gasteiger partial charge in [0.05, 0.1) is 0 Å². The number of hydrogen-bond donors (Lipinski definition) is 2. The zero-order valence-corrected chi connectivity index (χ0v) is 13.4. The molecule has 1 aromatic heterocycles. The molecule has 23 heavy (non-hydrogen) atoms. The van der Waals surface area contributed by atoms with Crippen molar-refractivity contribution >= 4 is 11.8 Å². The largest absolute Gasteiger partial charge is 0.352 e. The van der Waals surface area contributed by atoms with Gasteiger partial charge in [0.2, 0.25) is 0 Å². The Bertz CT molecular complexity index is 652. The highest BCUT2D eigenvalue weighted by atomic mass is 16.2. The highest BCUT2D eigenvalue weighted by Gasteiger charge is 2.09. The molecular formula is C18H21N3O2. The number of nitrogens with zero attached hydrogens (tertiary/aromatic N) is 1. The van der Waals surface area contributed by atoms with Gasteiger partial charge in [-0.05, 0) is 41.8 Å². The van der Waals surface area contributed by atoms with E-state index >= 15 is 0 Å². The lowest BCUT2D eigenvalue weighted by molar-refractivity contribution is 0.0938. The number of carbonyl (C=O) groups is 2. The Morgan fingerprint density at radius 1 is 1.00 bits per heavy atom. The van der Waals surface area contributed by atoms with Crippen LogP contribution in [0.5, 0.6) is 0 Å². The summed E-state index contributed by atoms with van der Waals surface area (Å²) in [6.07, 6.45) is 3.40. The zero-order valence-electron chi connectivity index (χ0n) is 13.4. The van der Waals surface area contributed by atoms with Gasteiger partial charge in [-0.25, -0.2) is 0 Å². The Labute approximate surface area is 136 Å². The summed E-state index contributed by atoms with van der Waals surface area (Å²) >= 11 is 0. The molecule has 2 aromatic rings. The van der Waals surface area contributed by atoms with E-state index in [1.165, 1.54) is 0 Å². The normalized spacial score (nSPS) is 10.4. The second-order valence-electron chi connectivity index (χ2n) is 5.73. The van der Waals surface area contributed by atoms with Crippen LogP contribution in [0.25, 0.3) is 0 Å². The quantitative estimate of drug-likeness (QED) is 0.860. The molecule has 1 aromatic carbocycles. The van der Waals surface area contributed by atoms with Crippen molar-refractivity contribution in [3.05, 3.63) is 65.5 Å². The first-order valence-electron chi connectivity index (χ1n) is 7.61. The van der Waals surface area contributed by atoms with Crippen molar-refractivity contribution in [2.24, 2.45) is 5.92 Å². The van der Waals surface area contributed by atoms with E-state index in [0.717, 1.165) is 5.56 Å². The van der Waals surface area contributed by atoms with Gasteiger partial charge in [-0.1, -0.05) is 19.9 Å². The Kier molecular flexibility index (Phi) is 5.86. The van der Waals surface area contributed by atoms with Gasteiger partial charge in [0.15, 0.2) is 0 Å². The molecular weight excluding hydrogens is 290 g/mol. The van der Waals surface area contributed by atoms with Crippen LogP contribution in [0.1, 0.15) is 40.1 Å². The lowest BCUT2D eigenvalue weighted by atomic mass is 10.1. The molecule has 120 valence electrons. The number of aromatic nitrogens is 1. The SMILES string of the molecule is CC(C)CNC(=O)c1ccc(C(=O)NCc2cccnc2)cc1. The van der Waals surface area contributed by atoms with E-state index in [4.69, 9.17) is 0 Å². The van der Waals surface area contributed by atoms with Crippen molar-refractivity contribution in [3.63, 3.8) is 0 Å². The molecule has 0 spiro atoms. The Morgan fingerprint density at radius 2 is 1.61 bits per heavy atom. The fraction of sp³-hybridized carbons (Fsp3) is 0.278. The number of benzene rings is 1. The van der Waals surface area contributed by atoms with Crippen LogP contribution in [0, 0.1) is 5.92 Å². The van der Waals surface area contributed by atoms with Crippen LogP contribution in [-0.2, 0) is 6.54 Å². The third-order valence-corrected chi connectivity index (χ3v) is 3.26. The van der Waals surface area contributed by atoms with E-state index in [9.17, 15) is 9.59 Å². The molecule has 2 amide bonds. The average Bonchev–Trinajstić information content (AvgIpc) is 2.58. The van der Waals surface area contributed by atoms with Crippen LogP contribution in [0.4, 0.5) is 0 Å². The predicted molar refractivity (Wildman–Crippen MR) is 89.0 cm³/mol. The molecule has 0 aliphatic rings. The van der Waals surface area contributed by atoms with E-state index in [2.05, 4.69) is 15.6 Å². The van der Waals surface area contributed by atoms with E-state index in [0.29, 0.717) is 30.1 Å². The van der Waals surface area contributed by atoms with Crippen molar-refractivity contribution < 1.29 is 9.59 Å². The minimum absolute atomic E-state index is 0.124. The van der Waals surface area contributed by atoms with Gasteiger partial charge >= 0.3 is 0 Å². The number of pyridine rings is 1. The van der Waals surface area contributed by atoms with Crippen LogP contribution in [0.2, 0.25) is 0 Å². The number of carbonyl (C=O) groups excluding carboxylic acids is 2. The summed E-state index contributed by atoms with van der Waals surface area (Å²) in [7, 11) is 0. The van der Waals surface area contributed by atoms with Gasteiger partial charge in [-0.3, -0.25) is 14.6 Å². The van der Waals surface area contributed by atoms with Crippen LogP contribution < -0.4 is 10.6 Å². The van der Waals surface area contributed by atoms with Crippen LogP contribution in [0.3, 0.4) is 0 Å². The molecule has 1 heterocycles. The monoisotopic (exact) mass is 311 g/mol. The molecule has 0 radical (unpaired) electrons. The minimum Gasteiger partial charge on any atom is -0.352 e. The fourth-order valence-corrected chi connectivity index (χ4v) is 1.96. The molecule has 0 atom stereocenters. The van der Waals surface area contributed by atoms with Gasteiger partial charge in [-0.15, -0.1) is 0 Å². The molecule has 0 saturated carbocycles. The third-order valence-electron chi connectivity index (χ3n) is 3.26. The van der Waals surface area contributed by atoms with E-state index in [1.807, 2.05) is 26.0 Å². The van der Waals surface area contributed by atoms with Gasteiger partial charge in [0.25, 0.3) is 11.8 Å². The molecule has 0 unspecified atom stereocenters. The molecule has 0 fully saturated rings. The van der Waals surface area contributed by atoms with Crippen LogP contribution >= 0.6 is 0 Å². The number of hydrogen-bond acceptors (Lipinski definition) is 3. The first-order valence-corrected chi connectivity index (χ1v) is 7.61. The number of nitrogens with one attached hydrogen (secondary N) is 2. The molecule has 0 saturated heterocycles. The lowest BCUT2D eigenvalue weighted by Gasteiger charge is -2.08. The Balaban J connectivity index is 1.91. The van der Waals surface area contributed by atoms with Crippen LogP contribution in [-0.4, -0.2) is 23.3 Å². The lowest BCUT2D eigenvalue weighted by Crippen LogP contribution is -2.27. The summed E-state index contributed by atoms with van der Waals surface area (Å²) in [5, 5.41) is 5.67. The van der Waals surface area contributed by atoms with Crippen LogP contribution in [0.15, 0.2) is 48.8 Å². The highest BCUT2D eigenvalue weighted by Crippen LogP contribution is 2.05. The van der Waals surface area contributed by atoms with E-state index in [-0.39, 0.29) is 11.8 Å².